The number of carbonyl (C=O) groups is 1. The van der Waals surface area contributed by atoms with Gasteiger partial charge < -0.3 is 4.67 Å². The van der Waals surface area contributed by atoms with Crippen molar-refractivity contribution in [3.05, 3.63) is 0 Å². The van der Waals surface area contributed by atoms with Crippen LogP contribution >= 0.6 is 9.39 Å². The van der Waals surface area contributed by atoms with Crippen LogP contribution in [-0.2, 0) is 4.79 Å². The second kappa shape index (κ2) is 2.20. The first-order chi connectivity index (χ1) is 4.79. The van der Waals surface area contributed by atoms with Crippen LogP contribution < -0.4 is 0 Å². The van der Waals surface area contributed by atoms with Gasteiger partial charge in [-0.15, -0.1) is 0 Å². The molecular formula is C7H12NOP. The summed E-state index contributed by atoms with van der Waals surface area (Å²) in [6.07, 6.45) is 4.69. The maximum Gasteiger partial charge on any atom is 0.228 e. The second-order valence-corrected chi connectivity index (χ2v) is 3.82. The second-order valence-electron chi connectivity index (χ2n) is 3.26. The summed E-state index contributed by atoms with van der Waals surface area (Å²) in [5.74, 6) is 0.726. The van der Waals surface area contributed by atoms with Gasteiger partial charge >= 0.3 is 0 Å². The molecule has 56 valence electrons. The maximum absolute atomic E-state index is 11.3. The quantitative estimate of drug-likeness (QED) is 0.483. The third-order valence-corrected chi connectivity index (χ3v) is 3.32. The van der Waals surface area contributed by atoms with E-state index in [0.29, 0.717) is 17.9 Å². The summed E-state index contributed by atoms with van der Waals surface area (Å²) < 4.78 is 1.86. The average molecular weight is 157 g/mol. The molecular weight excluding hydrogens is 145 g/mol. The van der Waals surface area contributed by atoms with Crippen LogP contribution in [0.2, 0.25) is 0 Å². The number of nitrogens with zero attached hydrogens (tertiary/aromatic N) is 1. The van der Waals surface area contributed by atoms with Crippen LogP contribution in [0.4, 0.5) is 0 Å². The lowest BCUT2D eigenvalue weighted by Gasteiger charge is -2.19. The number of hydrogen-bond donors (Lipinski definition) is 0. The van der Waals surface area contributed by atoms with Crippen molar-refractivity contribution in [3.8, 4) is 0 Å². The standard InChI is InChI=1S/C7H12NOP/c9-7-5-2-1-3-6(4-5)8(7)10/h5-6H,1-4,10H2. The fourth-order valence-corrected chi connectivity index (χ4v) is 2.51. The van der Waals surface area contributed by atoms with Crippen molar-refractivity contribution in [1.82, 2.24) is 4.67 Å². The monoisotopic (exact) mass is 157 g/mol. The van der Waals surface area contributed by atoms with Crippen LogP contribution in [0.3, 0.4) is 0 Å². The molecule has 0 N–H and O–H groups in total. The highest BCUT2D eigenvalue weighted by Gasteiger charge is 2.39. The summed E-state index contributed by atoms with van der Waals surface area (Å²) in [6.45, 7) is 0. The first-order valence-corrected chi connectivity index (χ1v) is 4.38. The van der Waals surface area contributed by atoms with Gasteiger partial charge in [-0.1, -0.05) is 6.42 Å². The van der Waals surface area contributed by atoms with Crippen LogP contribution in [0.1, 0.15) is 25.7 Å². The number of rotatable bonds is 0. The zero-order valence-electron chi connectivity index (χ0n) is 5.92. The Bertz CT molecular complexity index is 167. The number of carbonyl (C=O) groups excluding carboxylic acids is 1. The van der Waals surface area contributed by atoms with Crippen LogP contribution in [-0.4, -0.2) is 16.6 Å². The molecule has 2 rings (SSSR count). The van der Waals surface area contributed by atoms with E-state index in [4.69, 9.17) is 0 Å². The smallest absolute Gasteiger partial charge is 0.228 e. The van der Waals surface area contributed by atoms with Crippen molar-refractivity contribution >= 4 is 15.3 Å². The fraction of sp³-hybridized carbons (Fsp3) is 0.857. The van der Waals surface area contributed by atoms with Gasteiger partial charge in [-0.3, -0.25) is 4.79 Å². The molecule has 2 aliphatic rings. The molecule has 2 nitrogen and oxygen atoms in total. The summed E-state index contributed by atoms with van der Waals surface area (Å²) in [5.41, 5.74) is 0. The molecule has 1 saturated heterocycles. The van der Waals surface area contributed by atoms with E-state index in [1.165, 1.54) is 12.8 Å². The van der Waals surface area contributed by atoms with Crippen molar-refractivity contribution < 1.29 is 4.79 Å². The molecule has 1 heterocycles. The predicted octanol–water partition coefficient (Wildman–Crippen LogP) is 1.18. The van der Waals surface area contributed by atoms with Crippen molar-refractivity contribution in [2.75, 3.05) is 0 Å². The molecule has 0 aromatic heterocycles. The molecule has 10 heavy (non-hydrogen) atoms. The number of amides is 1. The molecule has 2 fully saturated rings. The Kier molecular flexibility index (Phi) is 1.45. The van der Waals surface area contributed by atoms with Gasteiger partial charge in [0.2, 0.25) is 5.91 Å². The van der Waals surface area contributed by atoms with Gasteiger partial charge in [0, 0.05) is 12.0 Å². The zero-order valence-corrected chi connectivity index (χ0v) is 7.07. The van der Waals surface area contributed by atoms with Crippen LogP contribution in [0.5, 0.6) is 0 Å². The lowest BCUT2D eigenvalue weighted by atomic mass is 9.90. The van der Waals surface area contributed by atoms with Gasteiger partial charge in [-0.25, -0.2) is 0 Å². The van der Waals surface area contributed by atoms with E-state index in [-0.39, 0.29) is 0 Å². The van der Waals surface area contributed by atoms with E-state index in [2.05, 4.69) is 9.39 Å². The van der Waals surface area contributed by atoms with Gasteiger partial charge in [0.1, 0.15) is 0 Å². The molecule has 1 saturated carbocycles. The highest BCUT2D eigenvalue weighted by atomic mass is 31.0. The van der Waals surface area contributed by atoms with Crippen molar-refractivity contribution in [3.63, 3.8) is 0 Å². The number of fused-ring (bicyclic) bond motifs is 2. The van der Waals surface area contributed by atoms with Crippen LogP contribution in [0, 0.1) is 5.92 Å². The minimum atomic E-state index is 0.354. The van der Waals surface area contributed by atoms with Gasteiger partial charge in [0.05, 0.1) is 0 Å². The summed E-state index contributed by atoms with van der Waals surface area (Å²) in [6, 6.07) is 0.552. The molecule has 0 aromatic carbocycles. The van der Waals surface area contributed by atoms with Gasteiger partial charge in [0.15, 0.2) is 0 Å². The zero-order chi connectivity index (χ0) is 7.14. The SMILES string of the molecule is O=C1C2CCCC(C2)N1P. The minimum Gasteiger partial charge on any atom is -0.324 e. The lowest BCUT2D eigenvalue weighted by molar-refractivity contribution is -0.126. The molecule has 3 heteroatoms. The largest absolute Gasteiger partial charge is 0.324 e. The highest BCUT2D eigenvalue weighted by molar-refractivity contribution is 7.14. The maximum atomic E-state index is 11.3. The summed E-state index contributed by atoms with van der Waals surface area (Å²) in [5, 5.41) is 0. The first kappa shape index (κ1) is 6.60. The third-order valence-electron chi connectivity index (χ3n) is 2.64. The van der Waals surface area contributed by atoms with E-state index in [1.807, 2.05) is 4.67 Å². The Hall–Kier alpha value is -0.100. The summed E-state index contributed by atoms with van der Waals surface area (Å²) in [7, 11) is 2.54. The Morgan fingerprint density at radius 3 is 2.90 bits per heavy atom. The first-order valence-electron chi connectivity index (χ1n) is 3.87. The fourth-order valence-electron chi connectivity index (χ4n) is 2.03. The van der Waals surface area contributed by atoms with E-state index in [0.717, 1.165) is 12.8 Å². The average Bonchev–Trinajstić information content (AvgIpc) is 2.17. The van der Waals surface area contributed by atoms with Crippen molar-refractivity contribution in [2.24, 2.45) is 5.92 Å². The highest BCUT2D eigenvalue weighted by Crippen LogP contribution is 2.38. The van der Waals surface area contributed by atoms with Crippen molar-refractivity contribution in [2.45, 2.75) is 31.7 Å². The summed E-state index contributed by atoms with van der Waals surface area (Å²) in [4.78, 5) is 11.3. The van der Waals surface area contributed by atoms with Gasteiger partial charge in [0.25, 0.3) is 0 Å². The minimum absolute atomic E-state index is 0.354. The normalized spacial score (nSPS) is 38.9. The van der Waals surface area contributed by atoms with Gasteiger partial charge in [-0.05, 0) is 28.7 Å². The number of hydrogen-bond acceptors (Lipinski definition) is 1. The predicted molar refractivity (Wildman–Crippen MR) is 42.3 cm³/mol. The lowest BCUT2D eigenvalue weighted by Crippen LogP contribution is -2.21. The van der Waals surface area contributed by atoms with Crippen LogP contribution in [0.25, 0.3) is 0 Å². The van der Waals surface area contributed by atoms with E-state index in [1.54, 1.807) is 0 Å². The van der Waals surface area contributed by atoms with E-state index < -0.39 is 0 Å². The third kappa shape index (κ3) is 0.784. The molecule has 0 radical (unpaired) electrons. The molecule has 3 unspecified atom stereocenters. The van der Waals surface area contributed by atoms with Crippen molar-refractivity contribution in [1.29, 1.82) is 0 Å². The molecule has 1 aliphatic heterocycles. The molecule has 1 amide bonds. The Morgan fingerprint density at radius 1 is 1.50 bits per heavy atom. The Morgan fingerprint density at radius 2 is 2.30 bits per heavy atom. The topological polar surface area (TPSA) is 20.3 Å². The molecule has 3 atom stereocenters. The summed E-state index contributed by atoms with van der Waals surface area (Å²) >= 11 is 0. The molecule has 0 aromatic rings. The van der Waals surface area contributed by atoms with E-state index in [9.17, 15) is 4.79 Å². The Labute approximate surface area is 63.2 Å². The van der Waals surface area contributed by atoms with E-state index >= 15 is 0 Å². The Balaban J connectivity index is 2.21. The van der Waals surface area contributed by atoms with Gasteiger partial charge in [-0.2, -0.15) is 0 Å². The molecule has 0 spiro atoms. The molecule has 2 bridgehead atoms. The van der Waals surface area contributed by atoms with Crippen LogP contribution in [0.15, 0.2) is 0 Å². The molecule has 1 aliphatic carbocycles.